The van der Waals surface area contributed by atoms with Crippen LogP contribution in [-0.2, 0) is 22.9 Å². The minimum atomic E-state index is -3.62. The Morgan fingerprint density at radius 3 is 2.85 bits per heavy atom. The van der Waals surface area contributed by atoms with E-state index in [2.05, 4.69) is 21.8 Å². The van der Waals surface area contributed by atoms with Crippen LogP contribution in [0.5, 0.6) is 11.5 Å². The number of sulfonamides is 1. The topological polar surface area (TPSA) is 80.4 Å². The zero-order valence-electron chi connectivity index (χ0n) is 14.0. The molecule has 0 bridgehead atoms. The van der Waals surface area contributed by atoms with E-state index in [1.807, 2.05) is 12.1 Å². The number of para-hydroxylation sites is 1. The maximum absolute atomic E-state index is 12.8. The number of aryl methyl sites for hydroxylation is 1. The van der Waals surface area contributed by atoms with Crippen LogP contribution in [0.1, 0.15) is 17.7 Å². The number of nitrogens with one attached hydrogen (secondary N) is 2. The van der Waals surface area contributed by atoms with E-state index in [1.54, 1.807) is 12.1 Å². The Morgan fingerprint density at radius 2 is 1.92 bits per heavy atom. The molecule has 2 aromatic carbocycles. The molecule has 1 atom stereocenters. The Bertz CT molecular complexity index is 1100. The first kappa shape index (κ1) is 15.7. The van der Waals surface area contributed by atoms with Gasteiger partial charge in [0.1, 0.15) is 0 Å². The lowest BCUT2D eigenvalue weighted by molar-refractivity contribution is 0.174. The molecule has 2 N–H and O–H groups in total. The van der Waals surface area contributed by atoms with Gasteiger partial charge in [0.05, 0.1) is 4.90 Å². The molecule has 26 heavy (non-hydrogen) atoms. The number of benzene rings is 2. The van der Waals surface area contributed by atoms with E-state index in [1.165, 1.54) is 22.7 Å². The Kier molecular flexibility index (Phi) is 3.48. The van der Waals surface area contributed by atoms with Crippen LogP contribution in [-0.4, -0.2) is 26.2 Å². The third kappa shape index (κ3) is 2.55. The zero-order chi connectivity index (χ0) is 17.7. The number of fused-ring (bicyclic) bond motifs is 4. The van der Waals surface area contributed by atoms with E-state index < -0.39 is 10.0 Å². The monoisotopic (exact) mass is 370 g/mol. The predicted molar refractivity (Wildman–Crippen MR) is 97.0 cm³/mol. The number of aromatic amines is 1. The number of aromatic nitrogens is 1. The zero-order valence-corrected chi connectivity index (χ0v) is 14.8. The van der Waals surface area contributed by atoms with Gasteiger partial charge in [-0.05, 0) is 43.0 Å². The molecule has 134 valence electrons. The third-order valence-corrected chi connectivity index (χ3v) is 6.59. The molecule has 2 aliphatic rings. The third-order valence-electron chi connectivity index (χ3n) is 5.07. The van der Waals surface area contributed by atoms with Gasteiger partial charge in [-0.15, -0.1) is 0 Å². The summed E-state index contributed by atoms with van der Waals surface area (Å²) in [5.41, 5.74) is 3.53. The van der Waals surface area contributed by atoms with Crippen LogP contribution in [0.3, 0.4) is 0 Å². The first-order chi connectivity index (χ1) is 12.6. The van der Waals surface area contributed by atoms with Crippen LogP contribution in [0.15, 0.2) is 47.4 Å². The normalized spacial score (nSPS) is 18.8. The molecule has 1 aliphatic heterocycles. The second-order valence-electron chi connectivity index (χ2n) is 6.70. The van der Waals surface area contributed by atoms with Crippen molar-refractivity contribution in [3.8, 4) is 11.5 Å². The fourth-order valence-corrected chi connectivity index (χ4v) is 5.09. The van der Waals surface area contributed by atoms with Gasteiger partial charge in [0.2, 0.25) is 16.8 Å². The van der Waals surface area contributed by atoms with Gasteiger partial charge in [0.25, 0.3) is 0 Å². The SMILES string of the molecule is O=S(=O)(NC1CCc2[nH]c3ccccc3c2C1)c1ccc2c(c1)OCO2. The fourth-order valence-electron chi connectivity index (χ4n) is 3.80. The van der Waals surface area contributed by atoms with Crippen molar-refractivity contribution in [2.24, 2.45) is 0 Å². The molecule has 0 fully saturated rings. The van der Waals surface area contributed by atoms with Gasteiger partial charge in [0, 0.05) is 28.7 Å². The molecule has 0 spiro atoms. The molecule has 2 heterocycles. The summed E-state index contributed by atoms with van der Waals surface area (Å²) in [4.78, 5) is 3.65. The van der Waals surface area contributed by atoms with Gasteiger partial charge >= 0.3 is 0 Å². The van der Waals surface area contributed by atoms with E-state index >= 15 is 0 Å². The minimum Gasteiger partial charge on any atom is -0.454 e. The highest BCUT2D eigenvalue weighted by Gasteiger charge is 2.27. The molecule has 0 saturated heterocycles. The van der Waals surface area contributed by atoms with Crippen molar-refractivity contribution in [3.63, 3.8) is 0 Å². The Balaban J connectivity index is 1.41. The van der Waals surface area contributed by atoms with Gasteiger partial charge in [-0.1, -0.05) is 18.2 Å². The maximum Gasteiger partial charge on any atom is 0.240 e. The molecule has 1 aliphatic carbocycles. The fraction of sp³-hybridized carbons (Fsp3) is 0.263. The largest absolute Gasteiger partial charge is 0.454 e. The molecule has 6 nitrogen and oxygen atoms in total. The summed E-state index contributed by atoms with van der Waals surface area (Å²) in [6, 6.07) is 12.7. The first-order valence-electron chi connectivity index (χ1n) is 8.60. The molecular weight excluding hydrogens is 352 g/mol. The Morgan fingerprint density at radius 1 is 1.08 bits per heavy atom. The van der Waals surface area contributed by atoms with Crippen molar-refractivity contribution in [2.45, 2.75) is 30.2 Å². The summed E-state index contributed by atoms with van der Waals surface area (Å²) in [6.07, 6.45) is 2.28. The van der Waals surface area contributed by atoms with Crippen LogP contribution in [0.25, 0.3) is 10.9 Å². The highest BCUT2D eigenvalue weighted by Crippen LogP contribution is 2.34. The van der Waals surface area contributed by atoms with Crippen molar-refractivity contribution >= 4 is 20.9 Å². The average molecular weight is 370 g/mol. The summed E-state index contributed by atoms with van der Waals surface area (Å²) in [5.74, 6) is 1.04. The van der Waals surface area contributed by atoms with Gasteiger partial charge in [-0.25, -0.2) is 13.1 Å². The smallest absolute Gasteiger partial charge is 0.240 e. The van der Waals surface area contributed by atoms with Gasteiger partial charge in [-0.3, -0.25) is 0 Å². The van der Waals surface area contributed by atoms with E-state index in [4.69, 9.17) is 9.47 Å². The van der Waals surface area contributed by atoms with Crippen molar-refractivity contribution in [3.05, 3.63) is 53.7 Å². The van der Waals surface area contributed by atoms with Gasteiger partial charge in [0.15, 0.2) is 11.5 Å². The number of rotatable bonds is 3. The molecular formula is C19H18N2O4S. The molecule has 0 amide bonds. The number of H-pyrrole nitrogens is 1. The number of hydrogen-bond acceptors (Lipinski definition) is 4. The standard InChI is InChI=1S/C19H18N2O4S/c22-26(23,13-6-8-18-19(10-13)25-11-24-18)21-12-5-7-17-15(9-12)14-3-1-2-4-16(14)20-17/h1-4,6,8,10,12,20-21H,5,7,9,11H2. The maximum atomic E-state index is 12.8. The van der Waals surface area contributed by atoms with Crippen LogP contribution in [0.4, 0.5) is 0 Å². The van der Waals surface area contributed by atoms with Crippen molar-refractivity contribution in [1.29, 1.82) is 0 Å². The van der Waals surface area contributed by atoms with Gasteiger partial charge < -0.3 is 14.5 Å². The molecule has 7 heteroatoms. The van der Waals surface area contributed by atoms with Crippen LogP contribution in [0.2, 0.25) is 0 Å². The van der Waals surface area contributed by atoms with Gasteiger partial charge in [-0.2, -0.15) is 0 Å². The summed E-state index contributed by atoms with van der Waals surface area (Å²) in [5, 5.41) is 1.18. The molecule has 5 rings (SSSR count). The average Bonchev–Trinajstić information content (AvgIpc) is 3.24. The van der Waals surface area contributed by atoms with Crippen LogP contribution in [0, 0.1) is 0 Å². The van der Waals surface area contributed by atoms with Crippen molar-refractivity contribution < 1.29 is 17.9 Å². The highest BCUT2D eigenvalue weighted by molar-refractivity contribution is 7.89. The minimum absolute atomic E-state index is 0.123. The van der Waals surface area contributed by atoms with Crippen molar-refractivity contribution in [2.75, 3.05) is 6.79 Å². The number of hydrogen-bond donors (Lipinski definition) is 2. The lowest BCUT2D eigenvalue weighted by Gasteiger charge is -2.23. The molecule has 1 unspecified atom stereocenters. The van der Waals surface area contributed by atoms with Crippen LogP contribution >= 0.6 is 0 Å². The Hall–Kier alpha value is -2.51. The second-order valence-corrected chi connectivity index (χ2v) is 8.42. The molecule has 0 saturated carbocycles. The van der Waals surface area contributed by atoms with E-state index in [9.17, 15) is 8.42 Å². The second kappa shape index (κ2) is 5.75. The van der Waals surface area contributed by atoms with E-state index in [0.29, 0.717) is 17.9 Å². The quantitative estimate of drug-likeness (QED) is 0.743. The van der Waals surface area contributed by atoms with E-state index in [-0.39, 0.29) is 17.7 Å². The lowest BCUT2D eigenvalue weighted by Crippen LogP contribution is -2.38. The molecule has 1 aromatic heterocycles. The van der Waals surface area contributed by atoms with Crippen molar-refractivity contribution in [1.82, 2.24) is 9.71 Å². The molecule has 0 radical (unpaired) electrons. The summed E-state index contributed by atoms with van der Waals surface area (Å²) in [6.45, 7) is 0.123. The Labute approximate surface area is 151 Å². The van der Waals surface area contributed by atoms with E-state index in [0.717, 1.165) is 18.4 Å². The first-order valence-corrected chi connectivity index (χ1v) is 10.1. The summed E-state index contributed by atoms with van der Waals surface area (Å²) < 4.78 is 39.0. The summed E-state index contributed by atoms with van der Waals surface area (Å²) >= 11 is 0. The van der Waals surface area contributed by atoms with Crippen LogP contribution < -0.4 is 14.2 Å². The predicted octanol–water partition coefficient (Wildman–Crippen LogP) is 2.73. The number of ether oxygens (including phenoxy) is 2. The summed E-state index contributed by atoms with van der Waals surface area (Å²) in [7, 11) is -3.62. The lowest BCUT2D eigenvalue weighted by atomic mass is 9.92. The molecule has 3 aromatic rings. The highest BCUT2D eigenvalue weighted by atomic mass is 32.2.